The molecule has 196 valence electrons. The van der Waals surface area contributed by atoms with E-state index in [0.717, 1.165) is 48.2 Å². The van der Waals surface area contributed by atoms with Crippen molar-refractivity contribution in [1.29, 1.82) is 0 Å². The van der Waals surface area contributed by atoms with Crippen LogP contribution in [0.4, 0.5) is 10.5 Å². The number of fused-ring (bicyclic) bond motifs is 2. The monoisotopic (exact) mass is 510 g/mol. The topological polar surface area (TPSA) is 80.9 Å². The van der Waals surface area contributed by atoms with Gasteiger partial charge in [-0.2, -0.15) is 0 Å². The summed E-state index contributed by atoms with van der Waals surface area (Å²) in [5.74, 6) is 1.49. The SMILES string of the molecule is COc1cc2c(cc1OC)C(CCc1ccccc1)N(CCN(C(N)=O)c1cnc3ccccc3c1)CC2. The molecule has 0 aliphatic carbocycles. The summed E-state index contributed by atoms with van der Waals surface area (Å²) < 4.78 is 11.2. The van der Waals surface area contributed by atoms with Crippen molar-refractivity contribution in [1.82, 2.24) is 9.88 Å². The summed E-state index contributed by atoms with van der Waals surface area (Å²) in [6.07, 6.45) is 4.51. The molecule has 4 aromatic rings. The molecule has 3 aromatic carbocycles. The van der Waals surface area contributed by atoms with Crippen LogP contribution in [0, 0.1) is 0 Å². The normalized spacial score (nSPS) is 15.2. The fourth-order valence-electron chi connectivity index (χ4n) is 5.44. The van der Waals surface area contributed by atoms with Crippen molar-refractivity contribution < 1.29 is 14.3 Å². The second-order valence-corrected chi connectivity index (χ2v) is 9.61. The largest absolute Gasteiger partial charge is 0.493 e. The average Bonchev–Trinajstić information content (AvgIpc) is 2.96. The zero-order valence-electron chi connectivity index (χ0n) is 22.0. The highest BCUT2D eigenvalue weighted by atomic mass is 16.5. The number of amides is 2. The number of nitrogens with two attached hydrogens (primary N) is 1. The molecule has 2 heterocycles. The van der Waals surface area contributed by atoms with Gasteiger partial charge in [0.15, 0.2) is 11.5 Å². The van der Waals surface area contributed by atoms with Crippen molar-refractivity contribution in [3.63, 3.8) is 0 Å². The van der Waals surface area contributed by atoms with Gasteiger partial charge in [-0.15, -0.1) is 0 Å². The summed E-state index contributed by atoms with van der Waals surface area (Å²) in [4.78, 5) is 21.1. The van der Waals surface area contributed by atoms with E-state index in [1.54, 1.807) is 25.3 Å². The predicted octanol–water partition coefficient (Wildman–Crippen LogP) is 5.37. The summed E-state index contributed by atoms with van der Waals surface area (Å²) in [5, 5.41) is 0.977. The summed E-state index contributed by atoms with van der Waals surface area (Å²) in [5.41, 5.74) is 11.3. The Labute approximate surface area is 223 Å². The average molecular weight is 511 g/mol. The molecule has 5 rings (SSSR count). The van der Waals surface area contributed by atoms with Crippen LogP contribution in [0.2, 0.25) is 0 Å². The standard InChI is InChI=1S/C31H34N4O3/c1-37-29-19-23-14-15-34(28(26(23)20-30(29)38-2)13-12-22-8-4-3-5-9-22)16-17-35(31(32)36)25-18-24-10-6-7-11-27(24)33-21-25/h3-11,18-21,28H,12-17H2,1-2H3,(H2,32,36). The Morgan fingerprint density at radius 3 is 2.53 bits per heavy atom. The predicted molar refractivity (Wildman–Crippen MR) is 151 cm³/mol. The van der Waals surface area contributed by atoms with E-state index in [-0.39, 0.29) is 6.04 Å². The molecule has 0 radical (unpaired) electrons. The highest BCUT2D eigenvalue weighted by Crippen LogP contribution is 2.40. The first kappa shape index (κ1) is 25.5. The molecular formula is C31H34N4O3. The third kappa shape index (κ3) is 5.43. The van der Waals surface area contributed by atoms with Gasteiger partial charge in [-0.3, -0.25) is 14.8 Å². The molecule has 2 N–H and O–H groups in total. The smallest absolute Gasteiger partial charge is 0.319 e. The number of primary amides is 1. The second kappa shape index (κ2) is 11.5. The van der Waals surface area contributed by atoms with Crippen LogP contribution in [0.1, 0.15) is 29.2 Å². The molecule has 0 bridgehead atoms. The molecule has 7 heteroatoms. The lowest BCUT2D eigenvalue weighted by Crippen LogP contribution is -2.44. The van der Waals surface area contributed by atoms with Crippen LogP contribution >= 0.6 is 0 Å². The number of aryl methyl sites for hydroxylation is 1. The molecule has 0 spiro atoms. The van der Waals surface area contributed by atoms with E-state index in [4.69, 9.17) is 15.2 Å². The zero-order valence-corrected chi connectivity index (χ0v) is 22.0. The highest BCUT2D eigenvalue weighted by molar-refractivity contribution is 5.93. The number of para-hydroxylation sites is 1. The van der Waals surface area contributed by atoms with E-state index in [2.05, 4.69) is 46.3 Å². The van der Waals surface area contributed by atoms with Gasteiger partial charge in [0.2, 0.25) is 0 Å². The minimum Gasteiger partial charge on any atom is -0.493 e. The fraction of sp³-hybridized carbons (Fsp3) is 0.290. The van der Waals surface area contributed by atoms with Gasteiger partial charge in [0.1, 0.15) is 0 Å². The van der Waals surface area contributed by atoms with Crippen LogP contribution in [0.25, 0.3) is 10.9 Å². The lowest BCUT2D eigenvalue weighted by molar-refractivity contribution is 0.178. The van der Waals surface area contributed by atoms with Gasteiger partial charge in [0, 0.05) is 31.1 Å². The Morgan fingerprint density at radius 1 is 1.03 bits per heavy atom. The third-order valence-corrected chi connectivity index (χ3v) is 7.43. The first-order valence-electron chi connectivity index (χ1n) is 13.0. The van der Waals surface area contributed by atoms with Crippen LogP contribution in [-0.2, 0) is 12.8 Å². The molecule has 7 nitrogen and oxygen atoms in total. The minimum atomic E-state index is -0.480. The van der Waals surface area contributed by atoms with Crippen molar-refractivity contribution >= 4 is 22.6 Å². The van der Waals surface area contributed by atoms with Gasteiger partial charge in [0.25, 0.3) is 0 Å². The number of pyridine rings is 1. The number of aromatic nitrogens is 1. The summed E-state index contributed by atoms with van der Waals surface area (Å²) in [6.45, 7) is 2.04. The van der Waals surface area contributed by atoms with Crippen molar-refractivity contribution in [2.24, 2.45) is 5.73 Å². The number of hydrogen-bond donors (Lipinski definition) is 1. The molecule has 38 heavy (non-hydrogen) atoms. The molecule has 0 fully saturated rings. The summed E-state index contributed by atoms with van der Waals surface area (Å²) >= 11 is 0. The van der Waals surface area contributed by atoms with Gasteiger partial charge in [-0.05, 0) is 60.2 Å². The van der Waals surface area contributed by atoms with Crippen molar-refractivity contribution in [3.8, 4) is 11.5 Å². The number of carbonyl (C=O) groups is 1. The number of anilines is 1. The highest BCUT2D eigenvalue weighted by Gasteiger charge is 2.29. The lowest BCUT2D eigenvalue weighted by atomic mass is 9.88. The van der Waals surface area contributed by atoms with Gasteiger partial charge in [0.05, 0.1) is 31.6 Å². The van der Waals surface area contributed by atoms with Gasteiger partial charge < -0.3 is 15.2 Å². The van der Waals surface area contributed by atoms with E-state index in [9.17, 15) is 4.79 Å². The molecule has 1 aliphatic rings. The van der Waals surface area contributed by atoms with Crippen LogP contribution in [-0.4, -0.2) is 49.8 Å². The molecule has 1 atom stereocenters. The second-order valence-electron chi connectivity index (χ2n) is 9.61. The van der Waals surface area contributed by atoms with Crippen molar-refractivity contribution in [2.75, 3.05) is 38.8 Å². The Kier molecular flexibility index (Phi) is 7.75. The zero-order chi connectivity index (χ0) is 26.5. The Hall–Kier alpha value is -4.10. The number of methoxy groups -OCH3 is 2. The third-order valence-electron chi connectivity index (χ3n) is 7.43. The molecule has 1 aromatic heterocycles. The maximum absolute atomic E-state index is 12.5. The number of rotatable bonds is 9. The quantitative estimate of drug-likeness (QED) is 0.327. The number of hydrogen-bond acceptors (Lipinski definition) is 5. The number of urea groups is 1. The maximum Gasteiger partial charge on any atom is 0.319 e. The number of ether oxygens (including phenoxy) is 2. The molecule has 0 saturated carbocycles. The van der Waals surface area contributed by atoms with Crippen molar-refractivity contribution in [2.45, 2.75) is 25.3 Å². The Morgan fingerprint density at radius 2 is 1.76 bits per heavy atom. The summed E-state index contributed by atoms with van der Waals surface area (Å²) in [7, 11) is 3.35. The summed E-state index contributed by atoms with van der Waals surface area (Å²) in [6, 6.07) is 24.3. The van der Waals surface area contributed by atoms with Crippen LogP contribution in [0.5, 0.6) is 11.5 Å². The minimum absolute atomic E-state index is 0.170. The molecular weight excluding hydrogens is 476 g/mol. The van der Waals surface area contributed by atoms with E-state index in [1.165, 1.54) is 16.7 Å². The number of benzene rings is 3. The first-order chi connectivity index (χ1) is 18.6. The van der Waals surface area contributed by atoms with Crippen LogP contribution in [0.3, 0.4) is 0 Å². The van der Waals surface area contributed by atoms with Crippen LogP contribution < -0.4 is 20.1 Å². The van der Waals surface area contributed by atoms with E-state index in [1.807, 2.05) is 36.4 Å². The maximum atomic E-state index is 12.5. The Bertz CT molecular complexity index is 1410. The van der Waals surface area contributed by atoms with E-state index in [0.29, 0.717) is 18.8 Å². The van der Waals surface area contributed by atoms with Gasteiger partial charge >= 0.3 is 6.03 Å². The molecule has 0 saturated heterocycles. The number of carbonyl (C=O) groups excluding carboxylic acids is 1. The first-order valence-corrected chi connectivity index (χ1v) is 13.0. The lowest BCUT2D eigenvalue weighted by Gasteiger charge is -2.39. The Balaban J connectivity index is 1.41. The molecule has 1 unspecified atom stereocenters. The number of nitrogens with zero attached hydrogens (tertiary/aromatic N) is 3. The van der Waals surface area contributed by atoms with Crippen LogP contribution in [0.15, 0.2) is 79.0 Å². The van der Waals surface area contributed by atoms with Crippen molar-refractivity contribution in [3.05, 3.63) is 95.7 Å². The van der Waals surface area contributed by atoms with Gasteiger partial charge in [-0.25, -0.2) is 4.79 Å². The van der Waals surface area contributed by atoms with E-state index >= 15 is 0 Å². The molecule has 1 aliphatic heterocycles. The fourth-order valence-corrected chi connectivity index (χ4v) is 5.44. The molecule has 2 amide bonds. The van der Waals surface area contributed by atoms with Gasteiger partial charge in [-0.1, -0.05) is 48.5 Å². The van der Waals surface area contributed by atoms with E-state index < -0.39 is 6.03 Å².